The summed E-state index contributed by atoms with van der Waals surface area (Å²) in [5.74, 6) is 1.28. The van der Waals surface area contributed by atoms with E-state index in [1.165, 1.54) is 0 Å². The van der Waals surface area contributed by atoms with E-state index < -0.39 is 9.84 Å². The third-order valence-electron chi connectivity index (χ3n) is 3.46. The fourth-order valence-corrected chi connectivity index (χ4v) is 3.78. The number of sulfone groups is 1. The maximum Gasteiger partial charge on any atom is 0.150 e. The van der Waals surface area contributed by atoms with E-state index in [9.17, 15) is 8.42 Å². The molecule has 114 valence electrons. The summed E-state index contributed by atoms with van der Waals surface area (Å²) in [6.07, 6.45) is 2.51. The minimum atomic E-state index is -2.82. The predicted molar refractivity (Wildman–Crippen MR) is 82.1 cm³/mol. The molecule has 0 aromatic heterocycles. The Bertz CT molecular complexity index is 594. The molecular weight excluding hydrogens is 288 g/mol. The standard InChI is InChI=1S/C15H20N2O3S/c16-8-1-2-9-20-15-5-3-4-14(12-15)17-13-6-10-21(18,19)11-7-13/h3-5,12-13,17H,1-2,6-7,9-11H2. The second kappa shape index (κ2) is 7.32. The zero-order chi connectivity index (χ0) is 15.1. The third-order valence-corrected chi connectivity index (χ3v) is 5.18. The molecule has 0 bridgehead atoms. The molecule has 2 rings (SSSR count). The highest BCUT2D eigenvalue weighted by molar-refractivity contribution is 7.91. The Balaban J connectivity index is 1.85. The molecule has 0 spiro atoms. The Morgan fingerprint density at radius 2 is 2.10 bits per heavy atom. The van der Waals surface area contributed by atoms with Gasteiger partial charge in [0.1, 0.15) is 15.6 Å². The molecule has 0 saturated carbocycles. The van der Waals surface area contributed by atoms with Crippen molar-refractivity contribution in [3.05, 3.63) is 24.3 Å². The number of hydrogen-bond donors (Lipinski definition) is 1. The fraction of sp³-hybridized carbons (Fsp3) is 0.533. The fourth-order valence-electron chi connectivity index (χ4n) is 2.29. The molecule has 1 aromatic rings. The van der Waals surface area contributed by atoms with Crippen molar-refractivity contribution in [2.45, 2.75) is 31.7 Å². The third kappa shape index (κ3) is 5.27. The first-order valence-electron chi connectivity index (χ1n) is 7.16. The van der Waals surface area contributed by atoms with Crippen LogP contribution < -0.4 is 10.1 Å². The second-order valence-electron chi connectivity index (χ2n) is 5.21. The summed E-state index contributed by atoms with van der Waals surface area (Å²) in [4.78, 5) is 0. The molecular formula is C15H20N2O3S. The van der Waals surface area contributed by atoms with E-state index in [0.29, 0.717) is 32.3 Å². The molecule has 0 radical (unpaired) electrons. The summed E-state index contributed by atoms with van der Waals surface area (Å²) in [7, 11) is -2.82. The van der Waals surface area contributed by atoms with E-state index in [-0.39, 0.29) is 17.5 Å². The summed E-state index contributed by atoms with van der Waals surface area (Å²) in [5.41, 5.74) is 0.942. The minimum absolute atomic E-state index is 0.197. The largest absolute Gasteiger partial charge is 0.493 e. The van der Waals surface area contributed by atoms with E-state index in [1.807, 2.05) is 24.3 Å². The topological polar surface area (TPSA) is 79.2 Å². The van der Waals surface area contributed by atoms with Crippen molar-refractivity contribution in [3.8, 4) is 11.8 Å². The molecule has 1 aliphatic rings. The number of rotatable bonds is 6. The number of hydrogen-bond acceptors (Lipinski definition) is 5. The van der Waals surface area contributed by atoms with Crippen LogP contribution in [0.1, 0.15) is 25.7 Å². The summed E-state index contributed by atoms with van der Waals surface area (Å²) in [5, 5.41) is 11.8. The summed E-state index contributed by atoms with van der Waals surface area (Å²) < 4.78 is 28.4. The van der Waals surface area contributed by atoms with Gasteiger partial charge in [-0.2, -0.15) is 5.26 Å². The molecule has 1 aromatic carbocycles. The van der Waals surface area contributed by atoms with Gasteiger partial charge in [0.2, 0.25) is 0 Å². The normalized spacial score (nSPS) is 17.9. The molecule has 21 heavy (non-hydrogen) atoms. The lowest BCUT2D eigenvalue weighted by atomic mass is 10.1. The maximum absolute atomic E-state index is 11.4. The molecule has 0 amide bonds. The number of benzene rings is 1. The van der Waals surface area contributed by atoms with Gasteiger partial charge < -0.3 is 10.1 Å². The van der Waals surface area contributed by atoms with E-state index >= 15 is 0 Å². The van der Waals surface area contributed by atoms with Crippen molar-refractivity contribution >= 4 is 15.5 Å². The van der Waals surface area contributed by atoms with Gasteiger partial charge in [-0.1, -0.05) is 6.07 Å². The predicted octanol–water partition coefficient (Wildman–Crippen LogP) is 2.36. The van der Waals surface area contributed by atoms with Gasteiger partial charge in [0.05, 0.1) is 24.2 Å². The van der Waals surface area contributed by atoms with Crippen LogP contribution >= 0.6 is 0 Å². The lowest BCUT2D eigenvalue weighted by Gasteiger charge is -2.24. The van der Waals surface area contributed by atoms with E-state index in [1.54, 1.807) is 0 Å². The van der Waals surface area contributed by atoms with Crippen LogP contribution in [0.4, 0.5) is 5.69 Å². The van der Waals surface area contributed by atoms with Crippen molar-refractivity contribution in [1.29, 1.82) is 5.26 Å². The Morgan fingerprint density at radius 3 is 2.81 bits per heavy atom. The Hall–Kier alpha value is -1.74. The Kier molecular flexibility index (Phi) is 5.45. The average Bonchev–Trinajstić information content (AvgIpc) is 2.46. The highest BCUT2D eigenvalue weighted by Gasteiger charge is 2.23. The van der Waals surface area contributed by atoms with Gasteiger partial charge in [-0.15, -0.1) is 0 Å². The molecule has 0 atom stereocenters. The van der Waals surface area contributed by atoms with E-state index in [4.69, 9.17) is 10.00 Å². The van der Waals surface area contributed by atoms with Crippen LogP contribution in [0.3, 0.4) is 0 Å². The lowest BCUT2D eigenvalue weighted by Crippen LogP contribution is -2.32. The Labute approximate surface area is 125 Å². The zero-order valence-corrected chi connectivity index (χ0v) is 12.7. The molecule has 6 heteroatoms. The van der Waals surface area contributed by atoms with Gasteiger partial charge >= 0.3 is 0 Å². The highest BCUT2D eigenvalue weighted by Crippen LogP contribution is 2.21. The SMILES string of the molecule is N#CCCCOc1cccc(NC2CCS(=O)(=O)CC2)c1. The second-order valence-corrected chi connectivity index (χ2v) is 7.51. The van der Waals surface area contributed by atoms with Crippen LogP contribution in [0, 0.1) is 11.3 Å². The van der Waals surface area contributed by atoms with Crippen molar-refractivity contribution in [1.82, 2.24) is 0 Å². The first-order valence-corrected chi connectivity index (χ1v) is 8.98. The van der Waals surface area contributed by atoms with Gasteiger partial charge in [-0.3, -0.25) is 0 Å². The highest BCUT2D eigenvalue weighted by atomic mass is 32.2. The minimum Gasteiger partial charge on any atom is -0.493 e. The van der Waals surface area contributed by atoms with Gasteiger partial charge in [0, 0.05) is 24.2 Å². The van der Waals surface area contributed by atoms with Crippen molar-refractivity contribution < 1.29 is 13.2 Å². The summed E-state index contributed by atoms with van der Waals surface area (Å²) in [6, 6.07) is 9.93. The van der Waals surface area contributed by atoms with E-state index in [2.05, 4.69) is 11.4 Å². The number of unbranched alkanes of at least 4 members (excludes halogenated alkanes) is 1. The van der Waals surface area contributed by atoms with Crippen LogP contribution in [0.5, 0.6) is 5.75 Å². The van der Waals surface area contributed by atoms with Crippen molar-refractivity contribution in [2.75, 3.05) is 23.4 Å². The molecule has 1 N–H and O–H groups in total. The maximum atomic E-state index is 11.4. The van der Waals surface area contributed by atoms with Crippen LogP contribution in [-0.2, 0) is 9.84 Å². The number of anilines is 1. The van der Waals surface area contributed by atoms with Gasteiger partial charge in [-0.25, -0.2) is 8.42 Å². The van der Waals surface area contributed by atoms with E-state index in [0.717, 1.165) is 11.4 Å². The quantitative estimate of drug-likeness (QED) is 0.816. The molecule has 0 unspecified atom stereocenters. The molecule has 0 aliphatic carbocycles. The van der Waals surface area contributed by atoms with Gasteiger partial charge in [0.15, 0.2) is 0 Å². The number of nitriles is 1. The van der Waals surface area contributed by atoms with Crippen molar-refractivity contribution in [2.24, 2.45) is 0 Å². The molecule has 1 heterocycles. The Morgan fingerprint density at radius 1 is 1.33 bits per heavy atom. The first-order chi connectivity index (χ1) is 10.1. The first kappa shape index (κ1) is 15.6. The van der Waals surface area contributed by atoms with Crippen molar-refractivity contribution in [3.63, 3.8) is 0 Å². The average molecular weight is 308 g/mol. The van der Waals surface area contributed by atoms with Gasteiger partial charge in [-0.05, 0) is 31.4 Å². The summed E-state index contributed by atoms with van der Waals surface area (Å²) >= 11 is 0. The lowest BCUT2D eigenvalue weighted by molar-refractivity contribution is 0.313. The van der Waals surface area contributed by atoms with Crippen LogP contribution in [0.25, 0.3) is 0 Å². The molecule has 5 nitrogen and oxygen atoms in total. The molecule has 1 fully saturated rings. The molecule has 1 saturated heterocycles. The smallest absolute Gasteiger partial charge is 0.150 e. The van der Waals surface area contributed by atoms with Gasteiger partial charge in [0.25, 0.3) is 0 Å². The van der Waals surface area contributed by atoms with Crippen LogP contribution in [-0.4, -0.2) is 32.6 Å². The van der Waals surface area contributed by atoms with Crippen LogP contribution in [0.2, 0.25) is 0 Å². The number of ether oxygens (including phenoxy) is 1. The molecule has 1 aliphatic heterocycles. The van der Waals surface area contributed by atoms with Crippen LogP contribution in [0.15, 0.2) is 24.3 Å². The summed E-state index contributed by atoms with van der Waals surface area (Å²) in [6.45, 7) is 0.526. The monoisotopic (exact) mass is 308 g/mol. The number of nitrogens with zero attached hydrogens (tertiary/aromatic N) is 1. The number of nitrogens with one attached hydrogen (secondary N) is 1. The zero-order valence-electron chi connectivity index (χ0n) is 11.9.